The summed E-state index contributed by atoms with van der Waals surface area (Å²) in [5.74, 6) is 2.87. The lowest BCUT2D eigenvalue weighted by molar-refractivity contribution is 0.168. The average Bonchev–Trinajstić information content (AvgIpc) is 2.72. The molecule has 0 spiro atoms. The summed E-state index contributed by atoms with van der Waals surface area (Å²) in [4.78, 5) is 0. The fourth-order valence-corrected chi connectivity index (χ4v) is 4.22. The van der Waals surface area contributed by atoms with Crippen LogP contribution in [0.3, 0.4) is 0 Å². The topological polar surface area (TPSA) is 0 Å². The summed E-state index contributed by atoms with van der Waals surface area (Å²) in [5, 5.41) is 0. The molecule has 0 heterocycles. The maximum Gasteiger partial charge on any atom is -0.0334 e. The van der Waals surface area contributed by atoms with E-state index < -0.39 is 0 Å². The lowest BCUT2D eigenvalue weighted by atomic mass is 9.72. The predicted octanol–water partition coefficient (Wildman–Crippen LogP) is 7.08. The van der Waals surface area contributed by atoms with Crippen LogP contribution in [0.25, 0.3) is 0 Å². The molecule has 0 nitrogen and oxygen atoms in total. The molecule has 0 N–H and O–H groups in total. The van der Waals surface area contributed by atoms with Gasteiger partial charge >= 0.3 is 0 Å². The van der Waals surface area contributed by atoms with Crippen LogP contribution in [0.1, 0.15) is 99.8 Å². The van der Waals surface area contributed by atoms with Crippen molar-refractivity contribution in [1.29, 1.82) is 0 Å². The molecule has 0 radical (unpaired) electrons. The minimum atomic E-state index is 0.494. The third-order valence-corrected chi connectivity index (χ3v) is 5.71. The largest absolute Gasteiger partial charge is 0.0654 e. The van der Waals surface area contributed by atoms with Crippen LogP contribution >= 0.6 is 0 Å². The van der Waals surface area contributed by atoms with Gasteiger partial charge in [-0.3, -0.25) is 0 Å². The van der Waals surface area contributed by atoms with Gasteiger partial charge in [-0.1, -0.05) is 87.0 Å². The van der Waals surface area contributed by atoms with Gasteiger partial charge in [0.25, 0.3) is 0 Å². The maximum absolute atomic E-state index is 2.47. The Morgan fingerprint density at radius 3 is 1.85 bits per heavy atom. The third kappa shape index (κ3) is 5.41. The Bertz CT molecular complexity index is 263. The van der Waals surface area contributed by atoms with Gasteiger partial charge < -0.3 is 0 Å². The van der Waals surface area contributed by atoms with Crippen molar-refractivity contribution < 1.29 is 0 Å². The van der Waals surface area contributed by atoms with E-state index in [1.165, 1.54) is 51.4 Å². The van der Waals surface area contributed by atoms with E-state index in [1.807, 2.05) is 0 Å². The van der Waals surface area contributed by atoms with Gasteiger partial charge in [0.05, 0.1) is 0 Å². The molecule has 1 fully saturated rings. The summed E-state index contributed by atoms with van der Waals surface area (Å²) >= 11 is 0. The van der Waals surface area contributed by atoms with E-state index in [1.54, 1.807) is 0 Å². The molecule has 120 valence electrons. The Labute approximate surface area is 129 Å². The second kappa shape index (κ2) is 7.32. The van der Waals surface area contributed by atoms with E-state index in [0.717, 1.165) is 17.8 Å². The van der Waals surface area contributed by atoms with E-state index in [9.17, 15) is 0 Å². The first-order valence-electron chi connectivity index (χ1n) is 9.16. The lowest BCUT2D eigenvalue weighted by Gasteiger charge is -2.33. The number of rotatable bonds is 6. The van der Waals surface area contributed by atoms with Crippen molar-refractivity contribution in [3.05, 3.63) is 0 Å². The van der Waals surface area contributed by atoms with Crippen LogP contribution in [0.15, 0.2) is 0 Å². The van der Waals surface area contributed by atoms with Crippen LogP contribution in [-0.4, -0.2) is 0 Å². The monoisotopic (exact) mass is 280 g/mol. The predicted molar refractivity (Wildman–Crippen MR) is 92.0 cm³/mol. The van der Waals surface area contributed by atoms with Crippen molar-refractivity contribution in [3.8, 4) is 0 Å². The summed E-state index contributed by atoms with van der Waals surface area (Å²) < 4.78 is 0. The zero-order chi connectivity index (χ0) is 15.4. The second-order valence-corrected chi connectivity index (χ2v) is 9.47. The van der Waals surface area contributed by atoms with Gasteiger partial charge in [0.15, 0.2) is 0 Å². The normalized spacial score (nSPS) is 28.1. The molecule has 0 saturated heterocycles. The zero-order valence-corrected chi connectivity index (χ0v) is 15.4. The Morgan fingerprint density at radius 1 is 0.750 bits per heavy atom. The van der Waals surface area contributed by atoms with Crippen molar-refractivity contribution in [2.75, 3.05) is 0 Å². The summed E-state index contributed by atoms with van der Waals surface area (Å²) in [5.41, 5.74) is 0.995. The highest BCUT2D eigenvalue weighted by atomic mass is 14.5. The highest BCUT2D eigenvalue weighted by Crippen LogP contribution is 2.52. The van der Waals surface area contributed by atoms with Gasteiger partial charge in [-0.2, -0.15) is 0 Å². The molecule has 0 amide bonds. The number of unbranched alkanes of at least 4 members (excludes halogenated alkanes) is 4. The summed E-state index contributed by atoms with van der Waals surface area (Å²) in [7, 11) is 0. The van der Waals surface area contributed by atoms with Crippen molar-refractivity contribution in [1.82, 2.24) is 0 Å². The molecule has 0 heteroatoms. The fourth-order valence-electron chi connectivity index (χ4n) is 4.22. The summed E-state index contributed by atoms with van der Waals surface area (Å²) in [6.45, 7) is 17.0. The first-order valence-corrected chi connectivity index (χ1v) is 9.16. The summed E-state index contributed by atoms with van der Waals surface area (Å²) in [6, 6.07) is 0. The van der Waals surface area contributed by atoms with E-state index >= 15 is 0 Å². The van der Waals surface area contributed by atoms with E-state index in [0.29, 0.717) is 10.8 Å². The van der Waals surface area contributed by atoms with Crippen molar-refractivity contribution in [2.45, 2.75) is 99.8 Å². The molecule has 3 unspecified atom stereocenters. The zero-order valence-electron chi connectivity index (χ0n) is 15.4. The van der Waals surface area contributed by atoms with Gasteiger partial charge in [0, 0.05) is 0 Å². The molecule has 0 aromatic heterocycles. The van der Waals surface area contributed by atoms with Crippen LogP contribution in [0, 0.1) is 28.6 Å². The van der Waals surface area contributed by atoms with Crippen LogP contribution in [0.4, 0.5) is 0 Å². The summed E-state index contributed by atoms with van der Waals surface area (Å²) in [6.07, 6.45) is 11.6. The van der Waals surface area contributed by atoms with Gasteiger partial charge in [-0.05, 0) is 41.4 Å². The average molecular weight is 281 g/mol. The van der Waals surface area contributed by atoms with Crippen LogP contribution < -0.4 is 0 Å². The Balaban J connectivity index is 2.52. The SMILES string of the molecule is CCCCCCCC1CC(C(C)(C)C)CC1C(C)(C)C. The third-order valence-electron chi connectivity index (χ3n) is 5.71. The molecule has 0 aromatic carbocycles. The molecule has 1 rings (SSSR count). The molecule has 20 heavy (non-hydrogen) atoms. The van der Waals surface area contributed by atoms with Gasteiger partial charge in [0.1, 0.15) is 0 Å². The van der Waals surface area contributed by atoms with Gasteiger partial charge in [-0.15, -0.1) is 0 Å². The molecule has 3 atom stereocenters. The highest BCUT2D eigenvalue weighted by molar-refractivity contribution is 4.93. The minimum absolute atomic E-state index is 0.494. The maximum atomic E-state index is 2.47. The quantitative estimate of drug-likeness (QED) is 0.456. The smallest absolute Gasteiger partial charge is 0.0334 e. The Hall–Kier alpha value is 0. The molecule has 0 aliphatic heterocycles. The van der Waals surface area contributed by atoms with Crippen LogP contribution in [-0.2, 0) is 0 Å². The first kappa shape index (κ1) is 18.1. The van der Waals surface area contributed by atoms with Crippen molar-refractivity contribution in [3.63, 3.8) is 0 Å². The first-order chi connectivity index (χ1) is 9.16. The van der Waals surface area contributed by atoms with Crippen LogP contribution in [0.2, 0.25) is 0 Å². The van der Waals surface area contributed by atoms with Gasteiger partial charge in [0.2, 0.25) is 0 Å². The van der Waals surface area contributed by atoms with E-state index in [2.05, 4.69) is 48.5 Å². The molecule has 1 aliphatic carbocycles. The highest BCUT2D eigenvalue weighted by Gasteiger charge is 2.43. The second-order valence-electron chi connectivity index (χ2n) is 9.47. The van der Waals surface area contributed by atoms with Gasteiger partial charge in [-0.25, -0.2) is 0 Å². The molecule has 0 bridgehead atoms. The number of hydrogen-bond acceptors (Lipinski definition) is 0. The molecule has 1 aliphatic rings. The van der Waals surface area contributed by atoms with E-state index in [4.69, 9.17) is 0 Å². The molecular formula is C20H40. The van der Waals surface area contributed by atoms with Crippen molar-refractivity contribution in [2.24, 2.45) is 28.6 Å². The Morgan fingerprint density at radius 2 is 1.35 bits per heavy atom. The molecule has 1 saturated carbocycles. The minimum Gasteiger partial charge on any atom is -0.0654 e. The fraction of sp³-hybridized carbons (Fsp3) is 1.00. The molecule has 0 aromatic rings. The molecular weight excluding hydrogens is 240 g/mol. The van der Waals surface area contributed by atoms with Crippen LogP contribution in [0.5, 0.6) is 0 Å². The van der Waals surface area contributed by atoms with Crippen molar-refractivity contribution >= 4 is 0 Å². The Kier molecular flexibility index (Phi) is 6.61. The number of hydrogen-bond donors (Lipinski definition) is 0. The lowest BCUT2D eigenvalue weighted by Crippen LogP contribution is -2.24. The standard InChI is InChI=1S/C20H40/c1-8-9-10-11-12-13-16-14-17(19(2,3)4)15-18(16)20(5,6)7/h16-18H,8-15H2,1-7H3. The van der Waals surface area contributed by atoms with E-state index in [-0.39, 0.29) is 0 Å².